The lowest BCUT2D eigenvalue weighted by atomic mass is 10.00. The molecule has 1 aliphatic rings. The Balaban J connectivity index is 1.70. The molecule has 2 heterocycles. The molecule has 1 saturated heterocycles. The van der Waals surface area contributed by atoms with Gasteiger partial charge in [-0.05, 0) is 63.4 Å². The van der Waals surface area contributed by atoms with Gasteiger partial charge in [0.05, 0.1) is 5.56 Å². The molecule has 0 bridgehead atoms. The van der Waals surface area contributed by atoms with Crippen LogP contribution in [0.15, 0.2) is 18.2 Å². The van der Waals surface area contributed by atoms with E-state index in [2.05, 4.69) is 13.0 Å². The SMILES string of the molecule is Cc1cc(C)c(C(=O)N2CCN(C(=O)c3cc(C)n(C)c3C)CC2)cc1C. The number of aromatic nitrogens is 1. The molecule has 5 heteroatoms. The number of piperazine rings is 1. The van der Waals surface area contributed by atoms with Crippen molar-refractivity contribution in [1.29, 1.82) is 0 Å². The van der Waals surface area contributed by atoms with E-state index >= 15 is 0 Å². The minimum Gasteiger partial charge on any atom is -0.351 e. The number of hydrogen-bond donors (Lipinski definition) is 0. The summed E-state index contributed by atoms with van der Waals surface area (Å²) in [5.74, 6) is 0.125. The molecule has 0 unspecified atom stereocenters. The van der Waals surface area contributed by atoms with Crippen LogP contribution in [0.5, 0.6) is 0 Å². The fourth-order valence-corrected chi connectivity index (χ4v) is 3.72. The van der Waals surface area contributed by atoms with Gasteiger partial charge in [-0.15, -0.1) is 0 Å². The Labute approximate surface area is 161 Å². The minimum absolute atomic E-state index is 0.0608. The molecular weight excluding hydrogens is 338 g/mol. The summed E-state index contributed by atoms with van der Waals surface area (Å²) in [5.41, 5.74) is 6.95. The maximum Gasteiger partial charge on any atom is 0.255 e. The Kier molecular flexibility index (Phi) is 5.13. The van der Waals surface area contributed by atoms with Crippen LogP contribution in [0.1, 0.15) is 48.8 Å². The topological polar surface area (TPSA) is 45.6 Å². The van der Waals surface area contributed by atoms with Crippen molar-refractivity contribution in [2.24, 2.45) is 7.05 Å². The molecule has 1 aliphatic heterocycles. The van der Waals surface area contributed by atoms with Crippen LogP contribution in [0, 0.1) is 34.6 Å². The van der Waals surface area contributed by atoms with E-state index in [1.165, 1.54) is 5.56 Å². The van der Waals surface area contributed by atoms with Crippen LogP contribution in [-0.2, 0) is 7.05 Å². The molecule has 0 aliphatic carbocycles. The summed E-state index contributed by atoms with van der Waals surface area (Å²) in [6.07, 6.45) is 0. The van der Waals surface area contributed by atoms with Gasteiger partial charge in [0.25, 0.3) is 11.8 Å². The molecule has 0 spiro atoms. The van der Waals surface area contributed by atoms with Crippen LogP contribution < -0.4 is 0 Å². The van der Waals surface area contributed by atoms with Gasteiger partial charge in [0.15, 0.2) is 0 Å². The van der Waals surface area contributed by atoms with Gasteiger partial charge in [-0.3, -0.25) is 9.59 Å². The predicted octanol–water partition coefficient (Wildman–Crippen LogP) is 3.17. The molecule has 2 amide bonds. The molecule has 0 radical (unpaired) electrons. The molecule has 0 atom stereocenters. The first-order valence-electron chi connectivity index (χ1n) is 9.50. The fourth-order valence-electron chi connectivity index (χ4n) is 3.72. The predicted molar refractivity (Wildman–Crippen MR) is 107 cm³/mol. The average Bonchev–Trinajstić information content (AvgIpc) is 2.91. The van der Waals surface area contributed by atoms with Crippen molar-refractivity contribution in [2.45, 2.75) is 34.6 Å². The van der Waals surface area contributed by atoms with Gasteiger partial charge in [0.2, 0.25) is 0 Å². The molecule has 1 aromatic heterocycles. The second-order valence-corrected chi connectivity index (χ2v) is 7.68. The van der Waals surface area contributed by atoms with E-state index in [-0.39, 0.29) is 11.8 Å². The van der Waals surface area contributed by atoms with E-state index < -0.39 is 0 Å². The second-order valence-electron chi connectivity index (χ2n) is 7.68. The normalized spacial score (nSPS) is 14.6. The molecule has 1 fully saturated rings. The van der Waals surface area contributed by atoms with Crippen molar-refractivity contribution in [1.82, 2.24) is 14.4 Å². The highest BCUT2D eigenvalue weighted by molar-refractivity contribution is 5.97. The van der Waals surface area contributed by atoms with E-state index in [4.69, 9.17) is 0 Å². The smallest absolute Gasteiger partial charge is 0.255 e. The number of nitrogens with zero attached hydrogens (tertiary/aromatic N) is 3. The quantitative estimate of drug-likeness (QED) is 0.818. The number of benzene rings is 1. The number of amides is 2. The van der Waals surface area contributed by atoms with E-state index in [0.717, 1.165) is 33.6 Å². The lowest BCUT2D eigenvalue weighted by Crippen LogP contribution is -2.50. The third kappa shape index (κ3) is 3.51. The summed E-state index contributed by atoms with van der Waals surface area (Å²) >= 11 is 0. The van der Waals surface area contributed by atoms with Crippen LogP contribution in [0.3, 0.4) is 0 Å². The van der Waals surface area contributed by atoms with Crippen molar-refractivity contribution in [3.05, 3.63) is 57.4 Å². The highest BCUT2D eigenvalue weighted by Crippen LogP contribution is 2.20. The monoisotopic (exact) mass is 367 g/mol. The zero-order valence-electron chi connectivity index (χ0n) is 17.2. The fraction of sp³-hybridized carbons (Fsp3) is 0.455. The van der Waals surface area contributed by atoms with E-state index in [1.807, 2.05) is 61.2 Å². The maximum absolute atomic E-state index is 13.0. The molecule has 0 N–H and O–H groups in total. The van der Waals surface area contributed by atoms with Crippen LogP contribution in [0.25, 0.3) is 0 Å². The van der Waals surface area contributed by atoms with E-state index in [0.29, 0.717) is 26.2 Å². The first-order valence-corrected chi connectivity index (χ1v) is 9.50. The van der Waals surface area contributed by atoms with Crippen LogP contribution >= 0.6 is 0 Å². The Morgan fingerprint density at radius 1 is 0.704 bits per heavy atom. The summed E-state index contributed by atoms with van der Waals surface area (Å²) < 4.78 is 2.04. The zero-order chi connectivity index (χ0) is 19.9. The second kappa shape index (κ2) is 7.22. The standard InChI is InChI=1S/C22H29N3O2/c1-14-11-16(3)19(12-15(14)2)21(26)24-7-9-25(10-8-24)22(27)20-13-17(4)23(6)18(20)5/h11-13H,7-10H2,1-6H3. The van der Waals surface area contributed by atoms with Gasteiger partial charge in [-0.1, -0.05) is 6.07 Å². The Hall–Kier alpha value is -2.56. The molecule has 3 rings (SSSR count). The van der Waals surface area contributed by atoms with Crippen LogP contribution in [0.2, 0.25) is 0 Å². The number of rotatable bonds is 2. The Morgan fingerprint density at radius 3 is 1.67 bits per heavy atom. The van der Waals surface area contributed by atoms with Crippen LogP contribution in [0.4, 0.5) is 0 Å². The van der Waals surface area contributed by atoms with E-state index in [1.54, 1.807) is 0 Å². The van der Waals surface area contributed by atoms with Crippen molar-refractivity contribution in [2.75, 3.05) is 26.2 Å². The Bertz CT molecular complexity index is 903. The van der Waals surface area contributed by atoms with Crippen molar-refractivity contribution in [3.8, 4) is 0 Å². The lowest BCUT2D eigenvalue weighted by Gasteiger charge is -2.35. The third-order valence-electron chi connectivity index (χ3n) is 5.93. The van der Waals surface area contributed by atoms with Gasteiger partial charge >= 0.3 is 0 Å². The van der Waals surface area contributed by atoms with Gasteiger partial charge in [-0.25, -0.2) is 0 Å². The van der Waals surface area contributed by atoms with Crippen molar-refractivity contribution < 1.29 is 9.59 Å². The number of carbonyl (C=O) groups is 2. The van der Waals surface area contributed by atoms with Gasteiger partial charge < -0.3 is 14.4 Å². The molecule has 5 nitrogen and oxygen atoms in total. The van der Waals surface area contributed by atoms with Gasteiger partial charge in [0, 0.05) is 50.2 Å². The van der Waals surface area contributed by atoms with Crippen molar-refractivity contribution >= 4 is 11.8 Å². The number of hydrogen-bond acceptors (Lipinski definition) is 2. The highest BCUT2D eigenvalue weighted by Gasteiger charge is 2.27. The molecule has 27 heavy (non-hydrogen) atoms. The molecule has 0 saturated carbocycles. The molecular formula is C22H29N3O2. The van der Waals surface area contributed by atoms with E-state index in [9.17, 15) is 9.59 Å². The Morgan fingerprint density at radius 2 is 1.19 bits per heavy atom. The summed E-state index contributed by atoms with van der Waals surface area (Å²) in [6, 6.07) is 6.01. The largest absolute Gasteiger partial charge is 0.351 e. The van der Waals surface area contributed by atoms with Crippen molar-refractivity contribution in [3.63, 3.8) is 0 Å². The molecule has 1 aromatic carbocycles. The lowest BCUT2D eigenvalue weighted by molar-refractivity contribution is 0.0534. The first kappa shape index (κ1) is 19.2. The number of aryl methyl sites for hydroxylation is 4. The van der Waals surface area contributed by atoms with Gasteiger partial charge in [0.1, 0.15) is 0 Å². The maximum atomic E-state index is 13.0. The highest BCUT2D eigenvalue weighted by atomic mass is 16.2. The van der Waals surface area contributed by atoms with Gasteiger partial charge in [-0.2, -0.15) is 0 Å². The van der Waals surface area contributed by atoms with Crippen LogP contribution in [-0.4, -0.2) is 52.4 Å². The summed E-state index contributed by atoms with van der Waals surface area (Å²) in [7, 11) is 1.98. The average molecular weight is 367 g/mol. The summed E-state index contributed by atoms with van der Waals surface area (Å²) in [6.45, 7) is 12.3. The number of carbonyl (C=O) groups excluding carboxylic acids is 2. The summed E-state index contributed by atoms with van der Waals surface area (Å²) in [5, 5.41) is 0. The zero-order valence-corrected chi connectivity index (χ0v) is 17.2. The first-order chi connectivity index (χ1) is 12.7. The third-order valence-corrected chi connectivity index (χ3v) is 5.93. The molecule has 144 valence electrons. The molecule has 2 aromatic rings. The summed E-state index contributed by atoms with van der Waals surface area (Å²) in [4.78, 5) is 29.6. The minimum atomic E-state index is 0.0608.